The number of hydrogen-bond donors (Lipinski definition) is 1. The summed E-state index contributed by atoms with van der Waals surface area (Å²) >= 11 is 3.77. The summed E-state index contributed by atoms with van der Waals surface area (Å²) in [6.07, 6.45) is 0.194. The predicted octanol–water partition coefficient (Wildman–Crippen LogP) is 2.74. The fourth-order valence-corrected chi connectivity index (χ4v) is 1.28. The van der Waals surface area contributed by atoms with Gasteiger partial charge in [-0.25, -0.2) is 0 Å². The first kappa shape index (κ1) is 12.0. The van der Waals surface area contributed by atoms with Crippen LogP contribution in [-0.4, -0.2) is 10.9 Å². The van der Waals surface area contributed by atoms with Gasteiger partial charge in [-0.15, -0.1) is 12.6 Å². The molecule has 0 saturated carbocycles. The molecule has 0 N–H and O–H groups in total. The Morgan fingerprint density at radius 1 is 1.20 bits per heavy atom. The van der Waals surface area contributed by atoms with E-state index in [2.05, 4.69) is 12.6 Å². The number of hydrogen-bond acceptors (Lipinski definition) is 2. The van der Waals surface area contributed by atoms with Crippen molar-refractivity contribution in [3.05, 3.63) is 35.9 Å². The van der Waals surface area contributed by atoms with Crippen LogP contribution in [0.2, 0.25) is 0 Å². The third-order valence-corrected chi connectivity index (χ3v) is 2.88. The van der Waals surface area contributed by atoms with E-state index >= 15 is 0 Å². The molecule has 1 aromatic carbocycles. The summed E-state index contributed by atoms with van der Waals surface area (Å²) in [5, 5.41) is -0.258. The van der Waals surface area contributed by atoms with E-state index < -0.39 is 5.41 Å². The van der Waals surface area contributed by atoms with Gasteiger partial charge in [0, 0.05) is 17.4 Å². The largest absolute Gasteiger partial charge is 0.294 e. The van der Waals surface area contributed by atoms with E-state index in [-0.39, 0.29) is 17.3 Å². The molecule has 1 rings (SSSR count). The maximum absolute atomic E-state index is 11.8. The van der Waals surface area contributed by atoms with Crippen molar-refractivity contribution in [3.8, 4) is 0 Å². The van der Waals surface area contributed by atoms with Gasteiger partial charge >= 0.3 is 0 Å². The van der Waals surface area contributed by atoms with E-state index in [1.807, 2.05) is 18.2 Å². The Labute approximate surface area is 95.1 Å². The summed E-state index contributed by atoms with van der Waals surface area (Å²) in [6, 6.07) is 8.97. The van der Waals surface area contributed by atoms with Crippen LogP contribution in [0.3, 0.4) is 0 Å². The summed E-state index contributed by atoms with van der Waals surface area (Å²) in [4.78, 5) is 22.9. The standard InChI is InChI=1S/C12H14O2S/c1-12(2,11(14)15)8-10(13)9-6-4-3-5-7-9/h3-7H,8H2,1-2H3,(H,14,15). The minimum atomic E-state index is -0.698. The van der Waals surface area contributed by atoms with Crippen LogP contribution in [0.15, 0.2) is 30.3 Å². The minimum absolute atomic E-state index is 0.0250. The summed E-state index contributed by atoms with van der Waals surface area (Å²) in [6.45, 7) is 3.45. The van der Waals surface area contributed by atoms with Gasteiger partial charge in [0.25, 0.3) is 0 Å². The quantitative estimate of drug-likeness (QED) is 0.628. The summed E-state index contributed by atoms with van der Waals surface area (Å²) in [5.74, 6) is -0.0250. The lowest BCUT2D eigenvalue weighted by molar-refractivity contribution is -0.117. The van der Waals surface area contributed by atoms with Gasteiger partial charge in [-0.05, 0) is 0 Å². The van der Waals surface area contributed by atoms with Gasteiger partial charge in [-0.1, -0.05) is 44.2 Å². The van der Waals surface area contributed by atoms with Crippen LogP contribution < -0.4 is 0 Å². The molecule has 0 spiro atoms. The van der Waals surface area contributed by atoms with E-state index in [4.69, 9.17) is 0 Å². The maximum atomic E-state index is 11.8. The van der Waals surface area contributed by atoms with Gasteiger partial charge in [0.1, 0.15) is 0 Å². The topological polar surface area (TPSA) is 34.1 Å². The minimum Gasteiger partial charge on any atom is -0.294 e. The lowest BCUT2D eigenvalue weighted by Gasteiger charge is -2.18. The van der Waals surface area contributed by atoms with E-state index in [1.54, 1.807) is 26.0 Å². The molecular formula is C12H14O2S. The zero-order valence-electron chi connectivity index (χ0n) is 8.86. The third-order valence-electron chi connectivity index (χ3n) is 2.28. The molecule has 0 unspecified atom stereocenters. The summed E-state index contributed by atoms with van der Waals surface area (Å²) < 4.78 is 0. The highest BCUT2D eigenvalue weighted by Gasteiger charge is 2.28. The van der Waals surface area contributed by atoms with E-state index in [1.165, 1.54) is 0 Å². The molecule has 0 amide bonds. The molecule has 0 bridgehead atoms. The molecule has 0 aliphatic carbocycles. The summed E-state index contributed by atoms with van der Waals surface area (Å²) in [5.41, 5.74) is -0.0593. The Morgan fingerprint density at radius 3 is 2.20 bits per heavy atom. The molecule has 0 radical (unpaired) electrons. The van der Waals surface area contributed by atoms with Crippen LogP contribution in [0, 0.1) is 5.41 Å². The monoisotopic (exact) mass is 222 g/mol. The van der Waals surface area contributed by atoms with Gasteiger partial charge in [-0.3, -0.25) is 9.59 Å². The molecular weight excluding hydrogens is 208 g/mol. The number of rotatable bonds is 4. The van der Waals surface area contributed by atoms with Gasteiger partial charge < -0.3 is 0 Å². The normalized spacial score (nSPS) is 11.1. The van der Waals surface area contributed by atoms with Gasteiger partial charge in [0.15, 0.2) is 10.9 Å². The van der Waals surface area contributed by atoms with E-state index in [9.17, 15) is 9.59 Å². The van der Waals surface area contributed by atoms with Crippen LogP contribution in [0.25, 0.3) is 0 Å². The zero-order valence-corrected chi connectivity index (χ0v) is 9.75. The van der Waals surface area contributed by atoms with Crippen LogP contribution in [0.5, 0.6) is 0 Å². The predicted molar refractivity (Wildman–Crippen MR) is 63.2 cm³/mol. The van der Waals surface area contributed by atoms with Gasteiger partial charge in [-0.2, -0.15) is 0 Å². The van der Waals surface area contributed by atoms with Crippen molar-refractivity contribution in [3.63, 3.8) is 0 Å². The number of carbonyl (C=O) groups is 2. The van der Waals surface area contributed by atoms with E-state index in [0.717, 1.165) is 0 Å². The Hall–Kier alpha value is -1.09. The molecule has 1 aromatic rings. The van der Waals surface area contributed by atoms with Gasteiger partial charge in [0.05, 0.1) is 0 Å². The molecule has 3 heteroatoms. The number of carbonyl (C=O) groups excluding carboxylic acids is 2. The van der Waals surface area contributed by atoms with Gasteiger partial charge in [0.2, 0.25) is 0 Å². The molecule has 0 fully saturated rings. The SMILES string of the molecule is CC(C)(CC(=O)c1ccccc1)C(=O)S. The second-order valence-electron chi connectivity index (χ2n) is 4.16. The lowest BCUT2D eigenvalue weighted by atomic mass is 9.87. The van der Waals surface area contributed by atoms with Crippen molar-refractivity contribution < 1.29 is 9.59 Å². The van der Waals surface area contributed by atoms with Crippen molar-refractivity contribution in [1.29, 1.82) is 0 Å². The Morgan fingerprint density at radius 2 is 1.73 bits per heavy atom. The van der Waals surface area contributed by atoms with Crippen LogP contribution in [0.1, 0.15) is 30.6 Å². The number of thiol groups is 1. The number of benzene rings is 1. The van der Waals surface area contributed by atoms with Crippen molar-refractivity contribution >= 4 is 23.5 Å². The molecule has 2 nitrogen and oxygen atoms in total. The van der Waals surface area contributed by atoms with E-state index in [0.29, 0.717) is 5.56 Å². The molecule has 0 saturated heterocycles. The second kappa shape index (κ2) is 4.62. The average Bonchev–Trinajstić information content (AvgIpc) is 2.18. The first-order chi connectivity index (χ1) is 6.93. The van der Waals surface area contributed by atoms with Crippen LogP contribution >= 0.6 is 12.6 Å². The number of Topliss-reactive ketones (excluding diaryl/α,β-unsaturated/α-hetero) is 1. The second-order valence-corrected chi connectivity index (χ2v) is 4.56. The first-order valence-electron chi connectivity index (χ1n) is 4.75. The highest BCUT2D eigenvalue weighted by atomic mass is 32.1. The first-order valence-corrected chi connectivity index (χ1v) is 5.20. The maximum Gasteiger partial charge on any atom is 0.191 e. The van der Waals surface area contributed by atoms with Crippen molar-refractivity contribution in [2.75, 3.05) is 0 Å². The average molecular weight is 222 g/mol. The smallest absolute Gasteiger partial charge is 0.191 e. The van der Waals surface area contributed by atoms with Crippen LogP contribution in [-0.2, 0) is 4.79 Å². The lowest BCUT2D eigenvalue weighted by Crippen LogP contribution is -2.23. The fraction of sp³-hybridized carbons (Fsp3) is 0.333. The van der Waals surface area contributed by atoms with Crippen LogP contribution in [0.4, 0.5) is 0 Å². The summed E-state index contributed by atoms with van der Waals surface area (Å²) in [7, 11) is 0. The Kier molecular flexibility index (Phi) is 3.69. The van der Waals surface area contributed by atoms with Crippen molar-refractivity contribution in [1.82, 2.24) is 0 Å². The molecule has 0 atom stereocenters. The molecule has 15 heavy (non-hydrogen) atoms. The molecule has 0 aliphatic rings. The highest BCUT2D eigenvalue weighted by Crippen LogP contribution is 2.25. The number of ketones is 1. The van der Waals surface area contributed by atoms with Crippen molar-refractivity contribution in [2.24, 2.45) is 5.41 Å². The Bertz CT molecular complexity index is 368. The highest BCUT2D eigenvalue weighted by molar-refractivity contribution is 7.96. The third kappa shape index (κ3) is 3.20. The molecule has 0 heterocycles. The molecule has 80 valence electrons. The molecule has 0 aliphatic heterocycles. The Balaban J connectivity index is 2.77. The zero-order chi connectivity index (χ0) is 11.5. The van der Waals surface area contributed by atoms with Crippen molar-refractivity contribution in [2.45, 2.75) is 20.3 Å². The molecule has 0 aromatic heterocycles. The fourth-order valence-electron chi connectivity index (χ4n) is 1.20.